The highest BCUT2D eigenvalue weighted by Crippen LogP contribution is 2.13. The summed E-state index contributed by atoms with van der Waals surface area (Å²) in [7, 11) is 0. The van der Waals surface area contributed by atoms with E-state index in [1.807, 2.05) is 23.6 Å². The molecule has 0 radical (unpaired) electrons. The minimum absolute atomic E-state index is 0.107. The van der Waals surface area contributed by atoms with Gasteiger partial charge in [0.1, 0.15) is 0 Å². The Labute approximate surface area is 109 Å². The van der Waals surface area contributed by atoms with Crippen LogP contribution in [0.2, 0.25) is 0 Å². The molecule has 1 rings (SSSR count). The monoisotopic (exact) mass is 255 g/mol. The van der Waals surface area contributed by atoms with Gasteiger partial charge in [-0.1, -0.05) is 20.3 Å². The van der Waals surface area contributed by atoms with Crippen LogP contribution in [0, 0.1) is 5.92 Å². The van der Waals surface area contributed by atoms with Gasteiger partial charge in [-0.25, -0.2) is 0 Å². The third kappa shape index (κ3) is 3.70. The zero-order chi connectivity index (χ0) is 13.7. The van der Waals surface area contributed by atoms with Crippen molar-refractivity contribution < 1.29 is 9.59 Å². The van der Waals surface area contributed by atoms with Crippen molar-refractivity contribution in [3.63, 3.8) is 0 Å². The predicted octanol–water partition coefficient (Wildman–Crippen LogP) is 0.441. The molecule has 1 saturated heterocycles. The second-order valence-corrected chi connectivity index (χ2v) is 5.13. The van der Waals surface area contributed by atoms with Crippen molar-refractivity contribution in [3.8, 4) is 0 Å². The highest BCUT2D eigenvalue weighted by molar-refractivity contribution is 5.80. The predicted molar refractivity (Wildman–Crippen MR) is 70.9 cm³/mol. The molecule has 0 saturated carbocycles. The van der Waals surface area contributed by atoms with E-state index in [0.29, 0.717) is 13.1 Å². The van der Waals surface area contributed by atoms with Gasteiger partial charge in [-0.05, 0) is 13.3 Å². The van der Waals surface area contributed by atoms with Crippen molar-refractivity contribution in [2.24, 2.45) is 11.7 Å². The number of rotatable bonds is 5. The Kier molecular flexibility index (Phi) is 5.59. The molecule has 2 N–H and O–H groups in total. The summed E-state index contributed by atoms with van der Waals surface area (Å²) < 4.78 is 0. The Bertz CT molecular complexity index is 299. The number of nitrogens with two attached hydrogens (primary N) is 1. The highest BCUT2D eigenvalue weighted by Gasteiger charge is 2.27. The van der Waals surface area contributed by atoms with E-state index in [1.165, 1.54) is 0 Å². The molecular weight excluding hydrogens is 230 g/mol. The number of carbonyl (C=O) groups excluding carboxylic acids is 2. The van der Waals surface area contributed by atoms with E-state index in [2.05, 4.69) is 6.92 Å². The smallest absolute Gasteiger partial charge is 0.234 e. The first kappa shape index (κ1) is 15.0. The zero-order valence-corrected chi connectivity index (χ0v) is 11.7. The van der Waals surface area contributed by atoms with Crippen molar-refractivity contribution in [2.75, 3.05) is 26.2 Å². The standard InChI is InChI=1S/C13H25N3O2/c1-4-5-10(2)13(18)16-8-6-15(7-9-16)11(3)12(14)17/h10-11H,4-9H2,1-3H3,(H2,14,17). The van der Waals surface area contributed by atoms with Crippen LogP contribution in [0.25, 0.3) is 0 Å². The van der Waals surface area contributed by atoms with Crippen LogP contribution in [-0.4, -0.2) is 53.8 Å². The number of hydrogen-bond acceptors (Lipinski definition) is 3. The summed E-state index contributed by atoms with van der Waals surface area (Å²) in [5, 5.41) is 0. The Hall–Kier alpha value is -1.10. The van der Waals surface area contributed by atoms with E-state index in [1.54, 1.807) is 0 Å². The first-order valence-corrected chi connectivity index (χ1v) is 6.79. The number of amides is 2. The second-order valence-electron chi connectivity index (χ2n) is 5.13. The largest absolute Gasteiger partial charge is 0.368 e. The lowest BCUT2D eigenvalue weighted by Gasteiger charge is -2.37. The molecule has 1 aliphatic heterocycles. The van der Waals surface area contributed by atoms with E-state index in [0.717, 1.165) is 25.9 Å². The quantitative estimate of drug-likeness (QED) is 0.775. The minimum Gasteiger partial charge on any atom is -0.368 e. The molecule has 1 fully saturated rings. The van der Waals surface area contributed by atoms with Gasteiger partial charge in [0.05, 0.1) is 6.04 Å². The summed E-state index contributed by atoms with van der Waals surface area (Å²) in [6, 6.07) is -0.240. The van der Waals surface area contributed by atoms with Gasteiger partial charge in [0.15, 0.2) is 0 Å². The van der Waals surface area contributed by atoms with E-state index < -0.39 is 0 Å². The number of nitrogens with zero attached hydrogens (tertiary/aromatic N) is 2. The van der Waals surface area contributed by atoms with Crippen LogP contribution in [0.5, 0.6) is 0 Å². The van der Waals surface area contributed by atoms with Crippen LogP contribution in [-0.2, 0) is 9.59 Å². The molecule has 5 heteroatoms. The van der Waals surface area contributed by atoms with Gasteiger partial charge in [0, 0.05) is 32.1 Å². The van der Waals surface area contributed by atoms with Crippen LogP contribution in [0.15, 0.2) is 0 Å². The van der Waals surface area contributed by atoms with Gasteiger partial charge >= 0.3 is 0 Å². The second kappa shape index (κ2) is 6.73. The summed E-state index contributed by atoms with van der Waals surface area (Å²) in [4.78, 5) is 27.2. The first-order valence-electron chi connectivity index (χ1n) is 6.79. The lowest BCUT2D eigenvalue weighted by atomic mass is 10.0. The maximum Gasteiger partial charge on any atom is 0.234 e. The van der Waals surface area contributed by atoms with Crippen molar-refractivity contribution in [3.05, 3.63) is 0 Å². The Morgan fingerprint density at radius 1 is 1.17 bits per heavy atom. The van der Waals surface area contributed by atoms with Crippen LogP contribution in [0.4, 0.5) is 0 Å². The fourth-order valence-electron chi connectivity index (χ4n) is 2.38. The topological polar surface area (TPSA) is 66.6 Å². The summed E-state index contributed by atoms with van der Waals surface area (Å²) in [5.74, 6) is 0.0486. The van der Waals surface area contributed by atoms with Gasteiger partial charge in [-0.2, -0.15) is 0 Å². The third-order valence-electron chi connectivity index (χ3n) is 3.73. The van der Waals surface area contributed by atoms with Gasteiger partial charge in [0.2, 0.25) is 11.8 Å². The van der Waals surface area contributed by atoms with Crippen molar-refractivity contribution in [1.29, 1.82) is 0 Å². The SMILES string of the molecule is CCCC(C)C(=O)N1CCN(C(C)C(N)=O)CC1. The molecule has 18 heavy (non-hydrogen) atoms. The van der Waals surface area contributed by atoms with E-state index >= 15 is 0 Å². The van der Waals surface area contributed by atoms with Crippen LogP contribution < -0.4 is 5.73 Å². The Balaban J connectivity index is 2.44. The third-order valence-corrected chi connectivity index (χ3v) is 3.73. The average molecular weight is 255 g/mol. The molecule has 104 valence electrons. The fraction of sp³-hybridized carbons (Fsp3) is 0.846. The molecule has 2 amide bonds. The van der Waals surface area contributed by atoms with E-state index in [-0.39, 0.29) is 23.8 Å². The van der Waals surface area contributed by atoms with Gasteiger partial charge in [-0.15, -0.1) is 0 Å². The lowest BCUT2D eigenvalue weighted by molar-refractivity contribution is -0.137. The summed E-state index contributed by atoms with van der Waals surface area (Å²) in [6.07, 6.45) is 1.97. The Morgan fingerprint density at radius 2 is 1.72 bits per heavy atom. The number of primary amides is 1. The molecule has 0 aliphatic carbocycles. The van der Waals surface area contributed by atoms with E-state index in [4.69, 9.17) is 5.73 Å². The summed E-state index contributed by atoms with van der Waals surface area (Å²) >= 11 is 0. The summed E-state index contributed by atoms with van der Waals surface area (Å²) in [5.41, 5.74) is 5.29. The van der Waals surface area contributed by atoms with E-state index in [9.17, 15) is 9.59 Å². The number of piperazine rings is 1. The molecule has 0 aromatic rings. The van der Waals surface area contributed by atoms with Gasteiger partial charge in [-0.3, -0.25) is 14.5 Å². The first-order chi connectivity index (χ1) is 8.47. The molecule has 0 spiro atoms. The molecule has 5 nitrogen and oxygen atoms in total. The number of carbonyl (C=O) groups is 2. The maximum atomic E-state index is 12.1. The van der Waals surface area contributed by atoms with Crippen LogP contribution in [0.1, 0.15) is 33.6 Å². The highest BCUT2D eigenvalue weighted by atomic mass is 16.2. The van der Waals surface area contributed by atoms with Gasteiger partial charge < -0.3 is 10.6 Å². The lowest BCUT2D eigenvalue weighted by Crippen LogP contribution is -2.55. The minimum atomic E-state index is -0.297. The molecule has 1 aliphatic rings. The van der Waals surface area contributed by atoms with Crippen LogP contribution in [0.3, 0.4) is 0 Å². The zero-order valence-electron chi connectivity index (χ0n) is 11.7. The molecular formula is C13H25N3O2. The normalized spacial score (nSPS) is 20.5. The molecule has 1 heterocycles. The van der Waals surface area contributed by atoms with Gasteiger partial charge in [0.25, 0.3) is 0 Å². The molecule has 2 unspecified atom stereocenters. The molecule has 0 aromatic heterocycles. The van der Waals surface area contributed by atoms with Crippen molar-refractivity contribution in [2.45, 2.75) is 39.7 Å². The van der Waals surface area contributed by atoms with Crippen molar-refractivity contribution >= 4 is 11.8 Å². The summed E-state index contributed by atoms with van der Waals surface area (Å²) in [6.45, 7) is 8.76. The average Bonchev–Trinajstić information content (AvgIpc) is 2.37. The molecule has 0 aromatic carbocycles. The maximum absolute atomic E-state index is 12.1. The Morgan fingerprint density at radius 3 is 2.17 bits per heavy atom. The molecule has 2 atom stereocenters. The number of hydrogen-bond donors (Lipinski definition) is 1. The fourth-order valence-corrected chi connectivity index (χ4v) is 2.38. The van der Waals surface area contributed by atoms with Crippen LogP contribution >= 0.6 is 0 Å². The van der Waals surface area contributed by atoms with Crippen molar-refractivity contribution in [1.82, 2.24) is 9.80 Å². The molecule has 0 bridgehead atoms.